The maximum atomic E-state index is 11.2. The Kier molecular flexibility index (Phi) is 6.92. The van der Waals surface area contributed by atoms with Crippen LogP contribution in [0.1, 0.15) is 27.4 Å². The number of rotatable bonds is 4. The maximum absolute atomic E-state index is 11.2. The van der Waals surface area contributed by atoms with Crippen LogP contribution in [0.5, 0.6) is 5.75 Å². The highest BCUT2D eigenvalue weighted by Crippen LogP contribution is 2.42. The second-order valence-electron chi connectivity index (χ2n) is 6.97. The summed E-state index contributed by atoms with van der Waals surface area (Å²) < 4.78 is 5.35. The molecule has 3 fully saturated rings. The highest BCUT2D eigenvalue weighted by atomic mass is 35.5. The van der Waals surface area contributed by atoms with E-state index in [0.717, 1.165) is 41.7 Å². The molecule has 1 unspecified atom stereocenters. The van der Waals surface area contributed by atoms with Gasteiger partial charge in [-0.05, 0) is 61.1 Å². The van der Waals surface area contributed by atoms with Gasteiger partial charge in [0.05, 0.1) is 18.7 Å². The van der Waals surface area contributed by atoms with Gasteiger partial charge in [-0.2, -0.15) is 0 Å². The number of aromatic nitrogens is 1. The van der Waals surface area contributed by atoms with Crippen molar-refractivity contribution in [1.82, 2.24) is 9.88 Å². The minimum Gasteiger partial charge on any atom is -1.00 e. The van der Waals surface area contributed by atoms with E-state index < -0.39 is 6.10 Å². The van der Waals surface area contributed by atoms with Gasteiger partial charge in [-0.1, -0.05) is 6.08 Å². The van der Waals surface area contributed by atoms with Crippen molar-refractivity contribution in [1.29, 1.82) is 0 Å². The Morgan fingerprint density at radius 1 is 1.38 bits per heavy atom. The Labute approximate surface area is 170 Å². The lowest BCUT2D eigenvalue weighted by Crippen LogP contribution is -3.00. The van der Waals surface area contributed by atoms with E-state index in [1.54, 1.807) is 13.3 Å². The average Bonchev–Trinajstić information content (AvgIpc) is 2.66. The maximum Gasteiger partial charge on any atom is 1.00 e. The first-order chi connectivity index (χ1) is 11.7. The number of nitrogens with zero attached hydrogens (tertiary/aromatic N) is 2. The molecule has 3 saturated heterocycles. The molecule has 1 aromatic carbocycles. The minimum atomic E-state index is -0.504. The SMILES string of the molecule is C=C[C@H]1CN2CC[C@H]1C[C@H]2[C@H](O)c1ccnc2ccc(OC)cc12.[Cl-].[Cl-].[H+].[H+]. The molecule has 2 aromatic rings. The van der Waals surface area contributed by atoms with E-state index in [1.165, 1.54) is 6.42 Å². The van der Waals surface area contributed by atoms with E-state index >= 15 is 0 Å². The third kappa shape index (κ3) is 3.56. The molecule has 3 aliphatic heterocycles. The highest BCUT2D eigenvalue weighted by Gasteiger charge is 2.42. The normalized spacial score (nSPS) is 27.9. The lowest BCUT2D eigenvalue weighted by molar-refractivity contribution is -0.0444. The molecule has 26 heavy (non-hydrogen) atoms. The summed E-state index contributed by atoms with van der Waals surface area (Å²) in [5.74, 6) is 2.01. The molecule has 3 aliphatic rings. The summed E-state index contributed by atoms with van der Waals surface area (Å²) >= 11 is 0. The van der Waals surface area contributed by atoms with Gasteiger partial charge >= 0.3 is 2.85 Å². The number of pyridine rings is 1. The average molecular weight is 397 g/mol. The van der Waals surface area contributed by atoms with E-state index in [1.807, 2.05) is 24.3 Å². The lowest BCUT2D eigenvalue weighted by atomic mass is 9.73. The fourth-order valence-corrected chi connectivity index (χ4v) is 4.44. The van der Waals surface area contributed by atoms with Crippen LogP contribution in [0.2, 0.25) is 0 Å². The van der Waals surface area contributed by atoms with Crippen molar-refractivity contribution in [3.63, 3.8) is 0 Å². The number of methoxy groups -OCH3 is 1. The first-order valence-electron chi connectivity index (χ1n) is 8.68. The van der Waals surface area contributed by atoms with Crippen LogP contribution in [0.3, 0.4) is 0 Å². The molecule has 4 nitrogen and oxygen atoms in total. The zero-order valence-electron chi connectivity index (χ0n) is 16.8. The van der Waals surface area contributed by atoms with Crippen molar-refractivity contribution in [2.45, 2.75) is 25.0 Å². The molecule has 0 radical (unpaired) electrons. The van der Waals surface area contributed by atoms with Crippen LogP contribution < -0.4 is 29.6 Å². The van der Waals surface area contributed by atoms with Crippen LogP contribution in [0.25, 0.3) is 10.9 Å². The van der Waals surface area contributed by atoms with E-state index in [4.69, 9.17) is 4.74 Å². The second-order valence-corrected chi connectivity index (χ2v) is 6.97. The molecule has 1 N–H and O–H groups in total. The van der Waals surface area contributed by atoms with E-state index in [9.17, 15) is 5.11 Å². The van der Waals surface area contributed by atoms with Crippen LogP contribution in [0.15, 0.2) is 43.1 Å². The van der Waals surface area contributed by atoms with Gasteiger partial charge in [-0.25, -0.2) is 0 Å². The smallest absolute Gasteiger partial charge is 1.00 e. The fraction of sp³-hybridized carbons (Fsp3) is 0.450. The van der Waals surface area contributed by atoms with E-state index in [0.29, 0.717) is 11.8 Å². The first-order valence-corrected chi connectivity index (χ1v) is 8.68. The van der Waals surface area contributed by atoms with Gasteiger partial charge in [-0.3, -0.25) is 9.88 Å². The third-order valence-electron chi connectivity index (χ3n) is 5.82. The molecule has 4 heterocycles. The number of benzene rings is 1. The van der Waals surface area contributed by atoms with E-state index in [-0.39, 0.29) is 33.7 Å². The summed E-state index contributed by atoms with van der Waals surface area (Å²) in [6.07, 6.45) is 5.62. The molecular weight excluding hydrogens is 371 g/mol. The van der Waals surface area contributed by atoms with Crippen LogP contribution in [0.4, 0.5) is 0 Å². The number of fused-ring (bicyclic) bond motifs is 4. The summed E-state index contributed by atoms with van der Waals surface area (Å²) in [7, 11) is 1.66. The third-order valence-corrected chi connectivity index (χ3v) is 5.82. The van der Waals surface area contributed by atoms with Gasteiger partial charge in [0.2, 0.25) is 0 Å². The van der Waals surface area contributed by atoms with Crippen LogP contribution in [0, 0.1) is 11.8 Å². The van der Waals surface area contributed by atoms with Gasteiger partial charge in [0, 0.05) is 24.2 Å². The zero-order valence-corrected chi connectivity index (χ0v) is 16.3. The fourth-order valence-electron chi connectivity index (χ4n) is 4.44. The second kappa shape index (κ2) is 8.57. The van der Waals surface area contributed by atoms with Crippen LogP contribution in [-0.4, -0.2) is 41.2 Å². The molecule has 5 rings (SSSR count). The predicted octanol–water partition coefficient (Wildman–Crippen LogP) is -2.59. The number of hydrogen-bond acceptors (Lipinski definition) is 4. The van der Waals surface area contributed by atoms with Crippen molar-refractivity contribution in [2.24, 2.45) is 11.8 Å². The predicted molar refractivity (Wildman–Crippen MR) is 97.3 cm³/mol. The Morgan fingerprint density at radius 3 is 2.85 bits per heavy atom. The molecule has 142 valence electrons. The number of piperidine rings is 3. The number of ether oxygens (including phenoxy) is 1. The molecule has 0 saturated carbocycles. The molecule has 1 aromatic heterocycles. The summed E-state index contributed by atoms with van der Waals surface area (Å²) in [5, 5.41) is 12.1. The van der Waals surface area contributed by atoms with Crippen molar-refractivity contribution < 1.29 is 37.5 Å². The Hall–Kier alpha value is -1.33. The van der Waals surface area contributed by atoms with Crippen molar-refractivity contribution >= 4 is 10.9 Å². The zero-order chi connectivity index (χ0) is 16.7. The van der Waals surface area contributed by atoms with Gasteiger partial charge in [0.1, 0.15) is 5.75 Å². The molecule has 0 amide bonds. The highest BCUT2D eigenvalue weighted by molar-refractivity contribution is 5.83. The number of halogens is 2. The molecule has 0 spiro atoms. The quantitative estimate of drug-likeness (QED) is 0.576. The summed E-state index contributed by atoms with van der Waals surface area (Å²) in [6.45, 7) is 6.07. The standard InChI is InChI=1S/C20H24N2O2.2ClH/c1-3-13-12-22-9-7-14(13)10-19(22)20(23)16-6-8-21-18-5-4-15(24-2)11-17(16)18;;/h3-6,8,11,13-14,19-20,23H,1,7,9-10,12H2,2H3;2*1H/t13-,14-,19-,20+;;/m0../s1. The summed E-state index contributed by atoms with van der Waals surface area (Å²) in [4.78, 5) is 6.86. The Bertz CT molecular complexity index is 781. The van der Waals surface area contributed by atoms with E-state index in [2.05, 4.69) is 22.5 Å². The van der Waals surface area contributed by atoms with Gasteiger partial charge in [0.15, 0.2) is 0 Å². The molecule has 5 atom stereocenters. The van der Waals surface area contributed by atoms with Gasteiger partial charge in [-0.15, -0.1) is 6.58 Å². The monoisotopic (exact) mass is 396 g/mol. The first kappa shape index (κ1) is 21.0. The molecular formula is C20H26Cl2N2O2. The van der Waals surface area contributed by atoms with Crippen molar-refractivity contribution in [3.8, 4) is 5.75 Å². The lowest BCUT2D eigenvalue weighted by Gasteiger charge is -2.50. The largest absolute Gasteiger partial charge is 1.00 e. The molecule has 0 aliphatic carbocycles. The van der Waals surface area contributed by atoms with Crippen molar-refractivity contribution in [3.05, 3.63) is 48.7 Å². The van der Waals surface area contributed by atoms with Crippen LogP contribution >= 0.6 is 0 Å². The number of aliphatic hydroxyl groups is 1. The van der Waals surface area contributed by atoms with Crippen LogP contribution in [-0.2, 0) is 0 Å². The topological polar surface area (TPSA) is 45.6 Å². The van der Waals surface area contributed by atoms with Gasteiger partial charge < -0.3 is 34.7 Å². The molecule has 2 bridgehead atoms. The summed E-state index contributed by atoms with van der Waals surface area (Å²) in [6, 6.07) is 7.96. The minimum absolute atomic E-state index is 0. The van der Waals surface area contributed by atoms with Gasteiger partial charge in [0.25, 0.3) is 0 Å². The molecule has 6 heteroatoms. The Balaban J connectivity index is 0.00000182. The number of hydrogen-bond donors (Lipinski definition) is 1. The Morgan fingerprint density at radius 2 is 2.19 bits per heavy atom. The van der Waals surface area contributed by atoms with Crippen molar-refractivity contribution in [2.75, 3.05) is 20.2 Å². The number of aliphatic hydroxyl groups excluding tert-OH is 1. The summed E-state index contributed by atoms with van der Waals surface area (Å²) in [5.41, 5.74) is 1.85.